The van der Waals surface area contributed by atoms with Gasteiger partial charge < -0.3 is 26.0 Å². The molecule has 0 bridgehead atoms. The van der Waals surface area contributed by atoms with Gasteiger partial charge in [-0.15, -0.1) is 5.10 Å². The second kappa shape index (κ2) is 7.80. The number of halogens is 1. The van der Waals surface area contributed by atoms with Crippen LogP contribution >= 0.6 is 11.6 Å². The summed E-state index contributed by atoms with van der Waals surface area (Å²) in [6, 6.07) is 2.69. The van der Waals surface area contributed by atoms with Gasteiger partial charge in [0.2, 0.25) is 5.95 Å². The lowest BCUT2D eigenvalue weighted by Crippen LogP contribution is -2.17. The van der Waals surface area contributed by atoms with Crippen molar-refractivity contribution in [2.75, 3.05) is 17.2 Å². The highest BCUT2D eigenvalue weighted by atomic mass is 35.5. The molecular weight excluding hydrogens is 374 g/mol. The van der Waals surface area contributed by atoms with Gasteiger partial charge in [-0.2, -0.15) is 9.97 Å². The maximum absolute atomic E-state index is 10.0. The quantitative estimate of drug-likeness (QED) is 0.405. The molecule has 0 radical (unpaired) electrons. The van der Waals surface area contributed by atoms with E-state index in [0.29, 0.717) is 29.5 Å². The standard InChI is InChI=1S/C16H20ClN7O3/c1-3-24-15-13(22-23-24)14(20-16(21-15)19-6-8(2)25)18-7-10-11(26)4-9(17)5-12(10)27/h4-5,8,25-27H,3,6-7H2,1-2H3,(H2,18,19,20,21). The first kappa shape index (κ1) is 18.9. The number of fused-ring (bicyclic) bond motifs is 1. The Balaban J connectivity index is 1.94. The highest BCUT2D eigenvalue weighted by Gasteiger charge is 2.16. The lowest BCUT2D eigenvalue weighted by molar-refractivity contribution is 0.208. The Labute approximate surface area is 159 Å². The summed E-state index contributed by atoms with van der Waals surface area (Å²) in [5, 5.41) is 43.9. The number of aliphatic hydroxyl groups is 1. The first-order chi connectivity index (χ1) is 12.9. The number of aromatic nitrogens is 5. The maximum Gasteiger partial charge on any atom is 0.226 e. The summed E-state index contributed by atoms with van der Waals surface area (Å²) in [7, 11) is 0. The van der Waals surface area contributed by atoms with Crippen molar-refractivity contribution < 1.29 is 15.3 Å². The van der Waals surface area contributed by atoms with Crippen LogP contribution in [0.25, 0.3) is 11.2 Å². The Kier molecular flexibility index (Phi) is 5.47. The smallest absolute Gasteiger partial charge is 0.226 e. The summed E-state index contributed by atoms with van der Waals surface area (Å²) < 4.78 is 1.62. The van der Waals surface area contributed by atoms with Crippen LogP contribution in [0.3, 0.4) is 0 Å². The summed E-state index contributed by atoms with van der Waals surface area (Å²) in [6.07, 6.45) is -0.571. The van der Waals surface area contributed by atoms with E-state index in [9.17, 15) is 15.3 Å². The van der Waals surface area contributed by atoms with Crippen LogP contribution in [-0.4, -0.2) is 52.9 Å². The van der Waals surface area contributed by atoms with Crippen LogP contribution in [0.1, 0.15) is 19.4 Å². The molecule has 10 nitrogen and oxygen atoms in total. The van der Waals surface area contributed by atoms with Gasteiger partial charge in [0.15, 0.2) is 17.0 Å². The number of nitrogens with zero attached hydrogens (tertiary/aromatic N) is 5. The fraction of sp³-hybridized carbons (Fsp3) is 0.375. The van der Waals surface area contributed by atoms with Crippen molar-refractivity contribution in [1.82, 2.24) is 25.0 Å². The number of benzene rings is 1. The highest BCUT2D eigenvalue weighted by molar-refractivity contribution is 6.30. The minimum absolute atomic E-state index is 0.0791. The Hall–Kier alpha value is -2.85. The van der Waals surface area contributed by atoms with E-state index >= 15 is 0 Å². The van der Waals surface area contributed by atoms with E-state index < -0.39 is 6.10 Å². The molecule has 0 fully saturated rings. The topological polar surface area (TPSA) is 141 Å². The van der Waals surface area contributed by atoms with Crippen molar-refractivity contribution >= 4 is 34.5 Å². The number of rotatable bonds is 7. The molecule has 2 heterocycles. The molecule has 3 rings (SSSR count). The number of aromatic hydroxyl groups is 2. The molecule has 2 aromatic heterocycles. The number of aliphatic hydroxyl groups excluding tert-OH is 1. The van der Waals surface area contributed by atoms with Gasteiger partial charge in [0.25, 0.3) is 0 Å². The molecule has 0 aliphatic rings. The van der Waals surface area contributed by atoms with Crippen molar-refractivity contribution in [3.05, 3.63) is 22.7 Å². The second-order valence-electron chi connectivity index (χ2n) is 5.98. The van der Waals surface area contributed by atoms with E-state index in [-0.39, 0.29) is 35.2 Å². The largest absolute Gasteiger partial charge is 0.507 e. The van der Waals surface area contributed by atoms with E-state index in [2.05, 4.69) is 30.9 Å². The summed E-state index contributed by atoms with van der Waals surface area (Å²) in [5.74, 6) is 0.402. The zero-order chi connectivity index (χ0) is 19.6. The molecule has 0 saturated carbocycles. The van der Waals surface area contributed by atoms with Crippen molar-refractivity contribution in [2.45, 2.75) is 33.0 Å². The van der Waals surface area contributed by atoms with Gasteiger partial charge >= 0.3 is 0 Å². The van der Waals surface area contributed by atoms with Crippen LogP contribution in [0.4, 0.5) is 11.8 Å². The molecule has 0 saturated heterocycles. The average Bonchev–Trinajstić information content (AvgIpc) is 3.02. The SMILES string of the molecule is CCn1nnc2c(NCc3c(O)cc(Cl)cc3O)nc(NCC(C)O)nc21. The summed E-state index contributed by atoms with van der Waals surface area (Å²) in [6.45, 7) is 4.49. The number of phenolic OH excluding ortho intramolecular Hbond substituents is 2. The predicted octanol–water partition coefficient (Wildman–Crippen LogP) is 1.71. The Morgan fingerprint density at radius 2 is 1.89 bits per heavy atom. The maximum atomic E-state index is 10.0. The minimum atomic E-state index is -0.571. The molecule has 0 spiro atoms. The third-order valence-electron chi connectivity index (χ3n) is 3.82. The zero-order valence-electron chi connectivity index (χ0n) is 14.8. The van der Waals surface area contributed by atoms with E-state index in [4.69, 9.17) is 11.6 Å². The first-order valence-electron chi connectivity index (χ1n) is 8.36. The van der Waals surface area contributed by atoms with E-state index in [1.807, 2.05) is 6.92 Å². The normalized spacial score (nSPS) is 12.3. The molecule has 1 aromatic carbocycles. The first-order valence-corrected chi connectivity index (χ1v) is 8.74. The van der Waals surface area contributed by atoms with Gasteiger partial charge in [0.1, 0.15) is 11.5 Å². The monoisotopic (exact) mass is 393 g/mol. The number of aryl methyl sites for hydroxylation is 1. The molecule has 0 amide bonds. The third kappa shape index (κ3) is 4.12. The van der Waals surface area contributed by atoms with Gasteiger partial charge in [0, 0.05) is 24.7 Å². The fourth-order valence-corrected chi connectivity index (χ4v) is 2.68. The van der Waals surface area contributed by atoms with E-state index in [1.165, 1.54) is 12.1 Å². The Morgan fingerprint density at radius 3 is 2.52 bits per heavy atom. The predicted molar refractivity (Wildman–Crippen MR) is 101 cm³/mol. The molecule has 1 atom stereocenters. The summed E-state index contributed by atoms with van der Waals surface area (Å²) in [5.41, 5.74) is 1.24. The van der Waals surface area contributed by atoms with Gasteiger partial charge in [-0.25, -0.2) is 4.68 Å². The molecule has 0 aliphatic heterocycles. The molecule has 144 valence electrons. The van der Waals surface area contributed by atoms with Gasteiger partial charge in [-0.3, -0.25) is 0 Å². The third-order valence-corrected chi connectivity index (χ3v) is 4.04. The van der Waals surface area contributed by atoms with Gasteiger partial charge in [-0.1, -0.05) is 16.8 Å². The number of nitrogens with one attached hydrogen (secondary N) is 2. The fourth-order valence-electron chi connectivity index (χ4n) is 2.47. The lowest BCUT2D eigenvalue weighted by atomic mass is 10.1. The number of anilines is 2. The van der Waals surface area contributed by atoms with E-state index in [1.54, 1.807) is 11.6 Å². The highest BCUT2D eigenvalue weighted by Crippen LogP contribution is 2.32. The number of hydrogen-bond donors (Lipinski definition) is 5. The Morgan fingerprint density at radius 1 is 1.19 bits per heavy atom. The summed E-state index contributed by atoms with van der Waals surface area (Å²) in [4.78, 5) is 8.75. The van der Waals surface area contributed by atoms with Crippen LogP contribution < -0.4 is 10.6 Å². The second-order valence-corrected chi connectivity index (χ2v) is 6.42. The summed E-state index contributed by atoms with van der Waals surface area (Å²) >= 11 is 5.81. The molecule has 1 unspecified atom stereocenters. The minimum Gasteiger partial charge on any atom is -0.507 e. The van der Waals surface area contributed by atoms with Crippen molar-refractivity contribution in [3.63, 3.8) is 0 Å². The van der Waals surface area contributed by atoms with Crippen LogP contribution in [0.15, 0.2) is 12.1 Å². The van der Waals surface area contributed by atoms with Crippen LogP contribution in [0.5, 0.6) is 11.5 Å². The molecule has 0 aliphatic carbocycles. The van der Waals surface area contributed by atoms with Gasteiger partial charge in [-0.05, 0) is 26.0 Å². The lowest BCUT2D eigenvalue weighted by Gasteiger charge is -2.12. The molecule has 11 heteroatoms. The average molecular weight is 394 g/mol. The van der Waals surface area contributed by atoms with Crippen LogP contribution in [0, 0.1) is 0 Å². The molecule has 27 heavy (non-hydrogen) atoms. The molecule has 3 aromatic rings. The number of phenols is 2. The Bertz CT molecular complexity index is 938. The van der Waals surface area contributed by atoms with Crippen LogP contribution in [0.2, 0.25) is 5.02 Å². The number of hydrogen-bond acceptors (Lipinski definition) is 9. The van der Waals surface area contributed by atoms with Crippen LogP contribution in [-0.2, 0) is 13.1 Å². The van der Waals surface area contributed by atoms with Crippen molar-refractivity contribution in [2.24, 2.45) is 0 Å². The molecular formula is C16H20ClN7O3. The van der Waals surface area contributed by atoms with E-state index in [0.717, 1.165) is 0 Å². The molecule has 5 N–H and O–H groups in total. The van der Waals surface area contributed by atoms with Crippen molar-refractivity contribution in [3.8, 4) is 11.5 Å². The van der Waals surface area contributed by atoms with Gasteiger partial charge in [0.05, 0.1) is 11.7 Å². The zero-order valence-corrected chi connectivity index (χ0v) is 15.6. The van der Waals surface area contributed by atoms with Crippen molar-refractivity contribution in [1.29, 1.82) is 0 Å².